The minimum Gasteiger partial charge on any atom is -0.491 e. The molecule has 0 amide bonds. The predicted molar refractivity (Wildman–Crippen MR) is 81.2 cm³/mol. The number of hydrogen-bond donors (Lipinski definition) is 1. The number of anilines is 1. The number of hydrogen-bond acceptors (Lipinski definition) is 4. The summed E-state index contributed by atoms with van der Waals surface area (Å²) < 4.78 is 10.8. The van der Waals surface area contributed by atoms with Crippen LogP contribution in [0.5, 0.6) is 5.75 Å². The number of nitrogens with one attached hydrogen (secondary N) is 1. The predicted octanol–water partition coefficient (Wildman–Crippen LogP) is 3.62. The summed E-state index contributed by atoms with van der Waals surface area (Å²) in [7, 11) is 0. The number of ether oxygens (including phenoxy) is 2. The quantitative estimate of drug-likeness (QED) is 0.738. The molecule has 0 aliphatic heterocycles. The van der Waals surface area contributed by atoms with Crippen molar-refractivity contribution < 1.29 is 14.3 Å². The van der Waals surface area contributed by atoms with Gasteiger partial charge in [-0.15, -0.1) is 0 Å². The van der Waals surface area contributed by atoms with E-state index in [2.05, 4.69) is 12.2 Å². The van der Waals surface area contributed by atoms with Crippen molar-refractivity contribution in [2.24, 2.45) is 0 Å². The van der Waals surface area contributed by atoms with Crippen molar-refractivity contribution in [3.63, 3.8) is 0 Å². The van der Waals surface area contributed by atoms with Crippen molar-refractivity contribution in [2.75, 3.05) is 11.9 Å². The third-order valence-electron chi connectivity index (χ3n) is 3.07. The fourth-order valence-corrected chi connectivity index (χ4v) is 1.75. The standard InChI is InChI=1S/C16H25NO3/c1-5-12(4)20-14-10-8-9-13(11-14)17-15(6-2)16(18)19-7-3/h8-12,15,17H,5-7H2,1-4H3. The molecule has 0 aliphatic rings. The second-order valence-corrected chi connectivity index (χ2v) is 4.72. The Morgan fingerprint density at radius 1 is 1.25 bits per heavy atom. The first-order valence-corrected chi connectivity index (χ1v) is 7.30. The maximum atomic E-state index is 11.8. The van der Waals surface area contributed by atoms with E-state index in [9.17, 15) is 4.79 Å². The fraction of sp³-hybridized carbons (Fsp3) is 0.562. The number of benzene rings is 1. The van der Waals surface area contributed by atoms with Gasteiger partial charge in [0.25, 0.3) is 0 Å². The summed E-state index contributed by atoms with van der Waals surface area (Å²) in [4.78, 5) is 11.8. The van der Waals surface area contributed by atoms with Crippen molar-refractivity contribution in [2.45, 2.75) is 52.7 Å². The van der Waals surface area contributed by atoms with Crippen LogP contribution in [0, 0.1) is 0 Å². The zero-order chi connectivity index (χ0) is 15.0. The Bertz CT molecular complexity index is 420. The van der Waals surface area contributed by atoms with Gasteiger partial charge in [-0.2, -0.15) is 0 Å². The van der Waals surface area contributed by atoms with Gasteiger partial charge in [0.15, 0.2) is 0 Å². The molecular weight excluding hydrogens is 254 g/mol. The van der Waals surface area contributed by atoms with E-state index in [-0.39, 0.29) is 18.1 Å². The molecule has 1 aromatic carbocycles. The van der Waals surface area contributed by atoms with Crippen LogP contribution in [0.3, 0.4) is 0 Å². The van der Waals surface area contributed by atoms with Gasteiger partial charge < -0.3 is 14.8 Å². The van der Waals surface area contributed by atoms with E-state index in [4.69, 9.17) is 9.47 Å². The largest absolute Gasteiger partial charge is 0.491 e. The number of carbonyl (C=O) groups excluding carboxylic acids is 1. The van der Waals surface area contributed by atoms with Crippen LogP contribution in [0.15, 0.2) is 24.3 Å². The molecule has 0 heterocycles. The summed E-state index contributed by atoms with van der Waals surface area (Å²) in [5, 5.41) is 3.19. The Balaban J connectivity index is 2.71. The van der Waals surface area contributed by atoms with Crippen LogP contribution in [-0.4, -0.2) is 24.7 Å². The number of rotatable bonds is 8. The molecule has 1 aromatic rings. The van der Waals surface area contributed by atoms with Crippen LogP contribution in [0.4, 0.5) is 5.69 Å². The van der Waals surface area contributed by atoms with Gasteiger partial charge >= 0.3 is 5.97 Å². The molecule has 112 valence electrons. The molecule has 0 radical (unpaired) electrons. The van der Waals surface area contributed by atoms with Crippen molar-refractivity contribution in [1.82, 2.24) is 0 Å². The summed E-state index contributed by atoms with van der Waals surface area (Å²) >= 11 is 0. The van der Waals surface area contributed by atoms with E-state index in [0.717, 1.165) is 17.9 Å². The second kappa shape index (κ2) is 8.46. The summed E-state index contributed by atoms with van der Waals surface area (Å²) in [6.07, 6.45) is 1.81. The normalized spacial score (nSPS) is 13.4. The van der Waals surface area contributed by atoms with E-state index < -0.39 is 0 Å². The molecule has 1 rings (SSSR count). The third kappa shape index (κ3) is 5.11. The summed E-state index contributed by atoms with van der Waals surface area (Å²) in [6.45, 7) is 8.28. The molecule has 0 saturated heterocycles. The van der Waals surface area contributed by atoms with Crippen LogP contribution in [-0.2, 0) is 9.53 Å². The lowest BCUT2D eigenvalue weighted by molar-refractivity contribution is -0.144. The Morgan fingerprint density at radius 2 is 2.00 bits per heavy atom. The molecule has 0 saturated carbocycles. The lowest BCUT2D eigenvalue weighted by Crippen LogP contribution is -2.30. The van der Waals surface area contributed by atoms with E-state index in [1.807, 2.05) is 45.0 Å². The molecule has 4 nitrogen and oxygen atoms in total. The van der Waals surface area contributed by atoms with E-state index in [1.54, 1.807) is 0 Å². The van der Waals surface area contributed by atoms with Crippen molar-refractivity contribution in [3.8, 4) is 5.75 Å². The minimum atomic E-state index is -0.325. The van der Waals surface area contributed by atoms with Gasteiger partial charge in [0, 0.05) is 11.8 Å². The molecule has 0 spiro atoms. The highest BCUT2D eigenvalue weighted by Gasteiger charge is 2.17. The van der Waals surface area contributed by atoms with Crippen LogP contribution in [0.25, 0.3) is 0 Å². The number of esters is 1. The highest BCUT2D eigenvalue weighted by atomic mass is 16.5. The van der Waals surface area contributed by atoms with Crippen LogP contribution in [0.2, 0.25) is 0 Å². The SMILES string of the molecule is CCOC(=O)C(CC)Nc1cccc(OC(C)CC)c1. The Kier molecular flexibility index (Phi) is 6.91. The van der Waals surface area contributed by atoms with Crippen molar-refractivity contribution in [3.05, 3.63) is 24.3 Å². The lowest BCUT2D eigenvalue weighted by atomic mass is 10.2. The molecule has 2 unspecified atom stereocenters. The van der Waals surface area contributed by atoms with Crippen molar-refractivity contribution in [1.29, 1.82) is 0 Å². The molecule has 20 heavy (non-hydrogen) atoms. The average molecular weight is 279 g/mol. The molecule has 0 bridgehead atoms. The van der Waals surface area contributed by atoms with Gasteiger partial charge in [-0.1, -0.05) is 19.9 Å². The number of carbonyl (C=O) groups is 1. The Morgan fingerprint density at radius 3 is 2.60 bits per heavy atom. The summed E-state index contributed by atoms with van der Waals surface area (Å²) in [5.74, 6) is 0.589. The Labute approximate surface area is 121 Å². The topological polar surface area (TPSA) is 47.6 Å². The lowest BCUT2D eigenvalue weighted by Gasteiger charge is -2.18. The first kappa shape index (κ1) is 16.3. The minimum absolute atomic E-state index is 0.178. The van der Waals surface area contributed by atoms with Crippen LogP contribution in [0.1, 0.15) is 40.5 Å². The van der Waals surface area contributed by atoms with Crippen LogP contribution < -0.4 is 10.1 Å². The van der Waals surface area contributed by atoms with Gasteiger partial charge in [0.1, 0.15) is 11.8 Å². The van der Waals surface area contributed by atoms with Gasteiger partial charge in [-0.25, -0.2) is 4.79 Å². The zero-order valence-electron chi connectivity index (χ0n) is 12.8. The van der Waals surface area contributed by atoms with E-state index in [0.29, 0.717) is 13.0 Å². The highest BCUT2D eigenvalue weighted by Crippen LogP contribution is 2.20. The summed E-state index contributed by atoms with van der Waals surface area (Å²) in [6, 6.07) is 7.34. The first-order chi connectivity index (χ1) is 9.60. The zero-order valence-corrected chi connectivity index (χ0v) is 12.8. The smallest absolute Gasteiger partial charge is 0.328 e. The fourth-order valence-electron chi connectivity index (χ4n) is 1.75. The van der Waals surface area contributed by atoms with Gasteiger partial charge in [0.2, 0.25) is 0 Å². The second-order valence-electron chi connectivity index (χ2n) is 4.72. The summed E-state index contributed by atoms with van der Waals surface area (Å²) in [5.41, 5.74) is 0.866. The monoisotopic (exact) mass is 279 g/mol. The van der Waals surface area contributed by atoms with Gasteiger partial charge in [0.05, 0.1) is 12.7 Å². The molecule has 0 fully saturated rings. The first-order valence-electron chi connectivity index (χ1n) is 7.30. The molecule has 0 aliphatic carbocycles. The molecular formula is C16H25NO3. The molecule has 0 aromatic heterocycles. The maximum Gasteiger partial charge on any atom is 0.328 e. The third-order valence-corrected chi connectivity index (χ3v) is 3.07. The van der Waals surface area contributed by atoms with Crippen LogP contribution >= 0.6 is 0 Å². The Hall–Kier alpha value is -1.71. The van der Waals surface area contributed by atoms with Crippen molar-refractivity contribution >= 4 is 11.7 Å². The van der Waals surface area contributed by atoms with Gasteiger partial charge in [-0.3, -0.25) is 0 Å². The highest BCUT2D eigenvalue weighted by molar-refractivity contribution is 5.79. The average Bonchev–Trinajstić information content (AvgIpc) is 2.45. The maximum absolute atomic E-state index is 11.8. The molecule has 4 heteroatoms. The van der Waals surface area contributed by atoms with Gasteiger partial charge in [-0.05, 0) is 38.8 Å². The molecule has 1 N–H and O–H groups in total. The van der Waals surface area contributed by atoms with E-state index >= 15 is 0 Å². The molecule has 2 atom stereocenters. The van der Waals surface area contributed by atoms with E-state index in [1.165, 1.54) is 0 Å².